The molecular formula is C14H21N3O. The highest BCUT2D eigenvalue weighted by Crippen LogP contribution is 2.03. The van der Waals surface area contributed by atoms with E-state index in [2.05, 4.69) is 23.4 Å². The molecule has 0 atom stereocenters. The van der Waals surface area contributed by atoms with Gasteiger partial charge >= 0.3 is 0 Å². The molecule has 4 heteroatoms. The lowest BCUT2D eigenvalue weighted by atomic mass is 10.4. The van der Waals surface area contributed by atoms with Gasteiger partial charge in [0.15, 0.2) is 0 Å². The molecule has 0 radical (unpaired) electrons. The summed E-state index contributed by atoms with van der Waals surface area (Å²) in [4.78, 5) is 4.52. The van der Waals surface area contributed by atoms with Gasteiger partial charge in [-0.3, -0.25) is 0 Å². The summed E-state index contributed by atoms with van der Waals surface area (Å²) in [5, 5.41) is 3.34. The summed E-state index contributed by atoms with van der Waals surface area (Å²) in [6, 6.07) is 6.02. The van der Waals surface area contributed by atoms with Crippen molar-refractivity contribution < 1.29 is 4.74 Å². The summed E-state index contributed by atoms with van der Waals surface area (Å²) < 4.78 is 7.52. The number of hydrogen-bond acceptors (Lipinski definition) is 3. The number of ether oxygens (including phenoxy) is 1. The molecule has 2 rings (SSSR count). The van der Waals surface area contributed by atoms with E-state index in [-0.39, 0.29) is 0 Å². The van der Waals surface area contributed by atoms with Crippen LogP contribution in [0.3, 0.4) is 0 Å². The van der Waals surface area contributed by atoms with Crippen LogP contribution in [0, 0.1) is 0 Å². The van der Waals surface area contributed by atoms with Gasteiger partial charge in [-0.2, -0.15) is 0 Å². The topological polar surface area (TPSA) is 38.6 Å². The number of fused-ring (bicyclic) bond motifs is 1. The van der Waals surface area contributed by atoms with Crippen molar-refractivity contribution in [3.63, 3.8) is 0 Å². The zero-order chi connectivity index (χ0) is 12.6. The lowest BCUT2D eigenvalue weighted by molar-refractivity contribution is 0.133. The zero-order valence-electron chi connectivity index (χ0n) is 10.9. The first-order valence-electron chi connectivity index (χ1n) is 6.61. The van der Waals surface area contributed by atoms with Gasteiger partial charge in [-0.25, -0.2) is 4.98 Å². The van der Waals surface area contributed by atoms with Crippen molar-refractivity contribution >= 4 is 5.65 Å². The number of aromatic nitrogens is 2. The monoisotopic (exact) mass is 247 g/mol. The number of rotatable bonds is 8. The Hall–Kier alpha value is -1.39. The minimum absolute atomic E-state index is 0.771. The van der Waals surface area contributed by atoms with Gasteiger partial charge in [0.05, 0.1) is 12.3 Å². The van der Waals surface area contributed by atoms with Gasteiger partial charge in [-0.15, -0.1) is 0 Å². The van der Waals surface area contributed by atoms with Crippen LogP contribution in [-0.2, 0) is 11.3 Å². The second-order valence-corrected chi connectivity index (χ2v) is 4.34. The Morgan fingerprint density at radius 2 is 2.28 bits per heavy atom. The van der Waals surface area contributed by atoms with Crippen molar-refractivity contribution in [3.8, 4) is 0 Å². The first-order valence-corrected chi connectivity index (χ1v) is 6.61. The fourth-order valence-corrected chi connectivity index (χ4v) is 1.78. The highest BCUT2D eigenvalue weighted by molar-refractivity contribution is 5.39. The van der Waals surface area contributed by atoms with E-state index in [4.69, 9.17) is 4.74 Å². The van der Waals surface area contributed by atoms with Crippen LogP contribution in [0.5, 0.6) is 0 Å². The fourth-order valence-electron chi connectivity index (χ4n) is 1.78. The summed E-state index contributed by atoms with van der Waals surface area (Å²) in [7, 11) is 0. The Bertz CT molecular complexity index is 434. The van der Waals surface area contributed by atoms with Crippen LogP contribution in [0.25, 0.3) is 5.65 Å². The highest BCUT2D eigenvalue weighted by atomic mass is 16.5. The first-order chi connectivity index (χ1) is 8.90. The molecule has 0 aliphatic rings. The fraction of sp³-hybridized carbons (Fsp3) is 0.500. The van der Waals surface area contributed by atoms with Crippen LogP contribution in [0.1, 0.15) is 25.5 Å². The van der Waals surface area contributed by atoms with Crippen molar-refractivity contribution in [2.75, 3.05) is 19.8 Å². The number of nitrogens with zero attached hydrogens (tertiary/aromatic N) is 2. The molecule has 2 heterocycles. The molecule has 1 N–H and O–H groups in total. The summed E-state index contributed by atoms with van der Waals surface area (Å²) in [5.74, 6) is 0. The maximum Gasteiger partial charge on any atom is 0.137 e. The van der Waals surface area contributed by atoms with E-state index in [9.17, 15) is 0 Å². The molecular weight excluding hydrogens is 226 g/mol. The van der Waals surface area contributed by atoms with E-state index in [1.54, 1.807) is 0 Å². The zero-order valence-corrected chi connectivity index (χ0v) is 10.9. The summed E-state index contributed by atoms with van der Waals surface area (Å²) in [6.07, 6.45) is 6.40. The molecule has 2 aromatic heterocycles. The molecule has 0 bridgehead atoms. The molecule has 18 heavy (non-hydrogen) atoms. The van der Waals surface area contributed by atoms with E-state index in [0.29, 0.717) is 0 Å². The molecule has 0 aromatic carbocycles. The Kier molecular flexibility index (Phi) is 5.17. The number of nitrogens with one attached hydrogen (secondary N) is 1. The van der Waals surface area contributed by atoms with Gasteiger partial charge < -0.3 is 14.5 Å². The average Bonchev–Trinajstić information content (AvgIpc) is 2.80. The Labute approximate surface area is 108 Å². The molecule has 0 unspecified atom stereocenters. The van der Waals surface area contributed by atoms with Crippen LogP contribution in [0.2, 0.25) is 0 Å². The van der Waals surface area contributed by atoms with E-state index in [1.807, 2.05) is 28.8 Å². The minimum Gasteiger partial charge on any atom is -0.380 e. The van der Waals surface area contributed by atoms with Crippen LogP contribution in [-0.4, -0.2) is 29.1 Å². The second-order valence-electron chi connectivity index (χ2n) is 4.34. The Morgan fingerprint density at radius 3 is 3.11 bits per heavy atom. The van der Waals surface area contributed by atoms with Gasteiger partial charge in [0.2, 0.25) is 0 Å². The predicted molar refractivity (Wildman–Crippen MR) is 72.6 cm³/mol. The average molecular weight is 247 g/mol. The SMILES string of the molecule is CCCCOCCNCc1cn2ccccc2n1. The van der Waals surface area contributed by atoms with Crippen LogP contribution < -0.4 is 5.32 Å². The van der Waals surface area contributed by atoms with Crippen molar-refractivity contribution in [1.82, 2.24) is 14.7 Å². The molecule has 0 aliphatic carbocycles. The van der Waals surface area contributed by atoms with Gasteiger partial charge in [0, 0.05) is 32.1 Å². The number of unbranched alkanes of at least 4 members (excludes halogenated alkanes) is 1. The molecule has 0 spiro atoms. The Balaban J connectivity index is 1.67. The van der Waals surface area contributed by atoms with Crippen molar-refractivity contribution in [2.24, 2.45) is 0 Å². The maximum atomic E-state index is 5.48. The van der Waals surface area contributed by atoms with Gasteiger partial charge in [-0.05, 0) is 18.6 Å². The van der Waals surface area contributed by atoms with Gasteiger partial charge in [0.1, 0.15) is 5.65 Å². The minimum atomic E-state index is 0.771. The van der Waals surface area contributed by atoms with E-state index in [1.165, 1.54) is 6.42 Å². The summed E-state index contributed by atoms with van der Waals surface area (Å²) in [6.45, 7) is 5.47. The standard InChI is InChI=1S/C14H21N3O/c1-2-3-9-18-10-7-15-11-13-12-17-8-5-4-6-14(17)16-13/h4-6,8,12,15H,2-3,7,9-11H2,1H3. The van der Waals surface area contributed by atoms with E-state index < -0.39 is 0 Å². The molecule has 0 fully saturated rings. The number of hydrogen-bond donors (Lipinski definition) is 1. The lowest BCUT2D eigenvalue weighted by Crippen LogP contribution is -2.19. The quantitative estimate of drug-likeness (QED) is 0.727. The smallest absolute Gasteiger partial charge is 0.137 e. The largest absolute Gasteiger partial charge is 0.380 e. The van der Waals surface area contributed by atoms with Gasteiger partial charge in [-0.1, -0.05) is 19.4 Å². The molecule has 98 valence electrons. The van der Waals surface area contributed by atoms with E-state index >= 15 is 0 Å². The number of pyridine rings is 1. The maximum absolute atomic E-state index is 5.48. The van der Waals surface area contributed by atoms with Crippen LogP contribution >= 0.6 is 0 Å². The van der Waals surface area contributed by atoms with Crippen LogP contribution in [0.4, 0.5) is 0 Å². The molecule has 4 nitrogen and oxygen atoms in total. The highest BCUT2D eigenvalue weighted by Gasteiger charge is 1.99. The summed E-state index contributed by atoms with van der Waals surface area (Å²) >= 11 is 0. The van der Waals surface area contributed by atoms with Crippen molar-refractivity contribution in [1.29, 1.82) is 0 Å². The van der Waals surface area contributed by atoms with Gasteiger partial charge in [0.25, 0.3) is 0 Å². The predicted octanol–water partition coefficient (Wildman–Crippen LogP) is 2.24. The van der Waals surface area contributed by atoms with E-state index in [0.717, 1.165) is 44.1 Å². The third-order valence-corrected chi connectivity index (χ3v) is 2.79. The first kappa shape index (κ1) is 13.1. The normalized spacial score (nSPS) is 11.2. The van der Waals surface area contributed by atoms with Crippen molar-refractivity contribution in [2.45, 2.75) is 26.3 Å². The Morgan fingerprint density at radius 1 is 1.33 bits per heavy atom. The molecule has 2 aromatic rings. The molecule has 0 saturated carbocycles. The molecule has 0 amide bonds. The molecule has 0 saturated heterocycles. The third-order valence-electron chi connectivity index (χ3n) is 2.79. The van der Waals surface area contributed by atoms with Crippen molar-refractivity contribution in [3.05, 3.63) is 36.3 Å². The van der Waals surface area contributed by atoms with Crippen LogP contribution in [0.15, 0.2) is 30.6 Å². The lowest BCUT2D eigenvalue weighted by Gasteiger charge is -2.03. The number of imidazole rings is 1. The third kappa shape index (κ3) is 3.82. The molecule has 0 aliphatic heterocycles. The summed E-state index contributed by atoms with van der Waals surface area (Å²) in [5.41, 5.74) is 2.06. The second kappa shape index (κ2) is 7.13.